The van der Waals surface area contributed by atoms with Gasteiger partial charge in [0, 0.05) is 11.1 Å². The minimum Gasteiger partial charge on any atom is -0.507 e. The van der Waals surface area contributed by atoms with Crippen LogP contribution in [-0.2, 0) is 15.1 Å². The van der Waals surface area contributed by atoms with Crippen molar-refractivity contribution in [1.82, 2.24) is 0 Å². The molecule has 0 amide bonds. The molecular weight excluding hydrogens is 380 g/mol. The number of hydrogen-bond donors (Lipinski definition) is 2. The first-order chi connectivity index (χ1) is 14.0. The lowest BCUT2D eigenvalue weighted by molar-refractivity contribution is -0.135. The Morgan fingerprint density at radius 2 is 1.76 bits per heavy atom. The Balaban J connectivity index is 1.81. The van der Waals surface area contributed by atoms with Crippen LogP contribution in [-0.4, -0.2) is 43.8 Å². The van der Waals surface area contributed by atoms with Crippen LogP contribution in [0.3, 0.4) is 0 Å². The monoisotopic (exact) mass is 398 g/mol. The van der Waals surface area contributed by atoms with Crippen LogP contribution in [0.15, 0.2) is 35.9 Å². The van der Waals surface area contributed by atoms with Gasteiger partial charge in [-0.3, -0.25) is 0 Å². The zero-order valence-electron chi connectivity index (χ0n) is 15.7. The summed E-state index contributed by atoms with van der Waals surface area (Å²) in [7, 11) is 2.95. The highest BCUT2D eigenvalue weighted by molar-refractivity contribution is 6.00. The molecule has 8 heteroatoms. The molecule has 0 spiro atoms. The van der Waals surface area contributed by atoms with Crippen molar-refractivity contribution in [3.63, 3.8) is 0 Å². The molecular formula is C21H18O8. The third-order valence-electron chi connectivity index (χ3n) is 5.71. The molecule has 2 aromatic rings. The molecule has 29 heavy (non-hydrogen) atoms. The molecule has 0 bridgehead atoms. The third-order valence-corrected chi connectivity index (χ3v) is 5.71. The first-order valence-electron chi connectivity index (χ1n) is 8.98. The van der Waals surface area contributed by atoms with E-state index in [9.17, 15) is 15.0 Å². The lowest BCUT2D eigenvalue weighted by Crippen LogP contribution is -2.41. The Hall–Kier alpha value is -3.39. The van der Waals surface area contributed by atoms with Gasteiger partial charge in [-0.05, 0) is 29.8 Å². The van der Waals surface area contributed by atoms with Crippen LogP contribution in [0.2, 0.25) is 0 Å². The molecule has 1 saturated heterocycles. The maximum absolute atomic E-state index is 12.4. The van der Waals surface area contributed by atoms with E-state index >= 15 is 0 Å². The number of methoxy groups -OCH3 is 2. The van der Waals surface area contributed by atoms with E-state index in [1.165, 1.54) is 20.3 Å². The van der Waals surface area contributed by atoms with Gasteiger partial charge in [-0.15, -0.1) is 0 Å². The normalized spacial score (nSPS) is 24.1. The van der Waals surface area contributed by atoms with Gasteiger partial charge >= 0.3 is 5.97 Å². The molecule has 2 unspecified atom stereocenters. The number of cyclic esters (lactones) is 1. The summed E-state index contributed by atoms with van der Waals surface area (Å²) in [6.07, 6.45) is 0. The van der Waals surface area contributed by atoms with Crippen LogP contribution in [0.1, 0.15) is 16.7 Å². The molecule has 0 radical (unpaired) electrons. The zero-order chi connectivity index (χ0) is 20.3. The van der Waals surface area contributed by atoms with Gasteiger partial charge in [-0.1, -0.05) is 6.07 Å². The first-order valence-corrected chi connectivity index (χ1v) is 8.98. The van der Waals surface area contributed by atoms with Crippen molar-refractivity contribution < 1.29 is 38.7 Å². The highest BCUT2D eigenvalue weighted by Crippen LogP contribution is 2.54. The van der Waals surface area contributed by atoms with Crippen LogP contribution in [0.5, 0.6) is 23.0 Å². The molecule has 2 aliphatic heterocycles. The summed E-state index contributed by atoms with van der Waals surface area (Å²) >= 11 is 0. The van der Waals surface area contributed by atoms with Crippen LogP contribution < -0.4 is 18.9 Å². The van der Waals surface area contributed by atoms with E-state index in [-0.39, 0.29) is 30.3 Å². The van der Waals surface area contributed by atoms with E-state index in [1.54, 1.807) is 24.3 Å². The second-order valence-corrected chi connectivity index (χ2v) is 7.00. The minimum atomic E-state index is -1.68. The second-order valence-electron chi connectivity index (χ2n) is 7.00. The maximum Gasteiger partial charge on any atom is 0.338 e. The molecule has 0 saturated carbocycles. The van der Waals surface area contributed by atoms with Gasteiger partial charge in [-0.25, -0.2) is 4.79 Å². The summed E-state index contributed by atoms with van der Waals surface area (Å²) in [5, 5.41) is 22.9. The van der Waals surface area contributed by atoms with Gasteiger partial charge in [0.05, 0.1) is 25.7 Å². The fourth-order valence-electron chi connectivity index (χ4n) is 4.27. The van der Waals surface area contributed by atoms with Gasteiger partial charge < -0.3 is 33.9 Å². The Bertz CT molecular complexity index is 1070. The number of ether oxygens (including phenoxy) is 5. The summed E-state index contributed by atoms with van der Waals surface area (Å²) in [5.41, 5.74) is -0.524. The number of aliphatic hydroxyl groups excluding tert-OH is 1. The topological polar surface area (TPSA) is 104 Å². The summed E-state index contributed by atoms with van der Waals surface area (Å²) in [5.74, 6) is 0.0942. The van der Waals surface area contributed by atoms with Crippen LogP contribution in [0, 0.1) is 5.92 Å². The summed E-state index contributed by atoms with van der Waals surface area (Å²) in [4.78, 5) is 12.4. The zero-order valence-corrected chi connectivity index (χ0v) is 15.7. The van der Waals surface area contributed by atoms with E-state index in [4.69, 9.17) is 23.7 Å². The van der Waals surface area contributed by atoms with Crippen LogP contribution in [0.4, 0.5) is 0 Å². The van der Waals surface area contributed by atoms with Crippen LogP contribution in [0.25, 0.3) is 5.76 Å². The average Bonchev–Trinajstić information content (AvgIpc) is 3.37. The Kier molecular flexibility index (Phi) is 3.69. The number of benzene rings is 2. The largest absolute Gasteiger partial charge is 0.507 e. The Morgan fingerprint density at radius 3 is 2.52 bits per heavy atom. The van der Waals surface area contributed by atoms with Crippen molar-refractivity contribution in [1.29, 1.82) is 0 Å². The molecule has 2 heterocycles. The van der Waals surface area contributed by atoms with E-state index in [1.807, 2.05) is 0 Å². The molecule has 2 N–H and O–H groups in total. The number of hydrogen-bond acceptors (Lipinski definition) is 8. The fourth-order valence-corrected chi connectivity index (χ4v) is 4.27. The van der Waals surface area contributed by atoms with Crippen molar-refractivity contribution in [2.75, 3.05) is 27.6 Å². The smallest absolute Gasteiger partial charge is 0.338 e. The van der Waals surface area contributed by atoms with Crippen molar-refractivity contribution in [2.45, 2.75) is 5.60 Å². The Labute approximate surface area is 165 Å². The summed E-state index contributed by atoms with van der Waals surface area (Å²) < 4.78 is 26.7. The standard InChI is InChI=1S/C21H18O8/c1-25-15-6-11-12(7-16(15)26-2)21(24,13-8-27-20(23)18(13)19(11)22)10-3-4-14-17(5-10)29-9-28-14/h3-7,13,22,24H,8-9H2,1-2H3. The lowest BCUT2D eigenvalue weighted by atomic mass is 9.68. The molecule has 8 nitrogen and oxygen atoms in total. The van der Waals surface area contributed by atoms with Crippen LogP contribution >= 0.6 is 0 Å². The fraction of sp³-hybridized carbons (Fsp3) is 0.286. The average molecular weight is 398 g/mol. The number of rotatable bonds is 3. The molecule has 2 atom stereocenters. The Morgan fingerprint density at radius 1 is 1.03 bits per heavy atom. The van der Waals surface area contributed by atoms with E-state index < -0.39 is 17.5 Å². The van der Waals surface area contributed by atoms with Crippen molar-refractivity contribution >= 4 is 11.7 Å². The van der Waals surface area contributed by atoms with E-state index in [0.717, 1.165) is 0 Å². The van der Waals surface area contributed by atoms with Gasteiger partial charge in [0.15, 0.2) is 23.0 Å². The van der Waals surface area contributed by atoms with Gasteiger partial charge in [0.2, 0.25) is 6.79 Å². The first kappa shape index (κ1) is 17.7. The van der Waals surface area contributed by atoms with Crippen molar-refractivity contribution in [3.8, 4) is 23.0 Å². The predicted molar refractivity (Wildman–Crippen MR) is 99.1 cm³/mol. The predicted octanol–water partition coefficient (Wildman–Crippen LogP) is 2.12. The SMILES string of the molecule is COc1cc2c(cc1OC)C(O)(c1ccc3c(c1)OCO3)C1COC(=O)C1=C2O. The van der Waals surface area contributed by atoms with Gasteiger partial charge in [0.25, 0.3) is 0 Å². The molecule has 1 fully saturated rings. The molecule has 2 aromatic carbocycles. The molecule has 3 aliphatic rings. The summed E-state index contributed by atoms with van der Waals surface area (Å²) in [6, 6.07) is 8.22. The molecule has 5 rings (SSSR count). The van der Waals surface area contributed by atoms with Crippen molar-refractivity contribution in [3.05, 3.63) is 52.6 Å². The second kappa shape index (κ2) is 6.05. The van der Waals surface area contributed by atoms with Gasteiger partial charge in [-0.2, -0.15) is 0 Å². The number of carbonyl (C=O) groups excluding carboxylic acids is 1. The minimum absolute atomic E-state index is 0.0323. The number of carbonyl (C=O) groups is 1. The quantitative estimate of drug-likeness (QED) is 0.758. The molecule has 0 aromatic heterocycles. The third kappa shape index (κ3) is 2.26. The number of esters is 1. The van der Waals surface area contributed by atoms with E-state index in [0.29, 0.717) is 34.1 Å². The molecule has 150 valence electrons. The molecule has 1 aliphatic carbocycles. The highest BCUT2D eigenvalue weighted by atomic mass is 16.7. The number of aliphatic hydroxyl groups is 2. The summed E-state index contributed by atoms with van der Waals surface area (Å²) in [6.45, 7) is 0.0206. The maximum atomic E-state index is 12.4. The number of fused-ring (bicyclic) bond motifs is 3. The van der Waals surface area contributed by atoms with Crippen molar-refractivity contribution in [2.24, 2.45) is 5.92 Å². The van der Waals surface area contributed by atoms with Gasteiger partial charge in [0.1, 0.15) is 18.0 Å². The van der Waals surface area contributed by atoms with E-state index in [2.05, 4.69) is 0 Å². The highest BCUT2D eigenvalue weighted by Gasteiger charge is 2.54. The lowest BCUT2D eigenvalue weighted by Gasteiger charge is -2.39.